The number of carbonyl (C=O) groups excluding carboxylic acids is 1. The first-order valence-corrected chi connectivity index (χ1v) is 14.4. The highest BCUT2D eigenvalue weighted by Crippen LogP contribution is 2.44. The number of ether oxygens (including phenoxy) is 1. The van der Waals surface area contributed by atoms with Gasteiger partial charge in [-0.25, -0.2) is 14.8 Å². The van der Waals surface area contributed by atoms with Crippen LogP contribution in [-0.4, -0.2) is 34.3 Å². The Hall–Kier alpha value is -3.93. The summed E-state index contributed by atoms with van der Waals surface area (Å²) in [5, 5.41) is 3.18. The van der Waals surface area contributed by atoms with Gasteiger partial charge in [0.1, 0.15) is 11.6 Å². The second-order valence-corrected chi connectivity index (χ2v) is 12.3. The topological polar surface area (TPSA) is 66.3 Å². The molecule has 0 aromatic heterocycles. The number of allylic oxidation sites excluding steroid dienone is 4. The maximum Gasteiger partial charge on any atom is 0.408 e. The van der Waals surface area contributed by atoms with Crippen LogP contribution in [0.3, 0.4) is 0 Å². The van der Waals surface area contributed by atoms with Gasteiger partial charge in [0.05, 0.1) is 17.3 Å². The normalized spacial score (nSPS) is 24.6. The van der Waals surface area contributed by atoms with Crippen LogP contribution >= 0.6 is 0 Å². The molecule has 6 heteroatoms. The fourth-order valence-corrected chi connectivity index (χ4v) is 6.19. The van der Waals surface area contributed by atoms with Gasteiger partial charge in [-0.15, -0.1) is 0 Å². The molecule has 3 atom stereocenters. The zero-order valence-corrected chi connectivity index (χ0v) is 23.8. The monoisotopic (exact) mass is 534 g/mol. The van der Waals surface area contributed by atoms with Crippen molar-refractivity contribution in [2.75, 3.05) is 0 Å². The molecule has 1 amide bonds. The molecule has 0 bridgehead atoms. The van der Waals surface area contributed by atoms with Crippen molar-refractivity contribution in [1.82, 2.24) is 10.2 Å². The summed E-state index contributed by atoms with van der Waals surface area (Å²) in [5.41, 5.74) is 4.66. The van der Waals surface area contributed by atoms with E-state index in [0.29, 0.717) is 5.92 Å². The van der Waals surface area contributed by atoms with Crippen molar-refractivity contribution in [2.45, 2.75) is 76.6 Å². The molecular weight excluding hydrogens is 496 g/mol. The molecule has 2 aromatic rings. The van der Waals surface area contributed by atoms with Gasteiger partial charge in [-0.2, -0.15) is 0 Å². The molecule has 1 fully saturated rings. The van der Waals surface area contributed by atoms with E-state index in [0.717, 1.165) is 54.0 Å². The molecule has 2 aliphatic heterocycles. The number of fused-ring (bicyclic) bond motifs is 1. The van der Waals surface area contributed by atoms with Crippen LogP contribution in [0.2, 0.25) is 0 Å². The van der Waals surface area contributed by atoms with Crippen LogP contribution in [0, 0.1) is 12.8 Å². The molecule has 1 N–H and O–H groups in total. The lowest BCUT2D eigenvalue weighted by Gasteiger charge is -2.43. The number of guanidine groups is 1. The smallest absolute Gasteiger partial charge is 0.408 e. The van der Waals surface area contributed by atoms with Crippen molar-refractivity contribution in [1.29, 1.82) is 0 Å². The van der Waals surface area contributed by atoms with E-state index in [-0.39, 0.29) is 23.7 Å². The maximum atomic E-state index is 12.6. The van der Waals surface area contributed by atoms with E-state index in [1.807, 2.05) is 20.8 Å². The summed E-state index contributed by atoms with van der Waals surface area (Å²) in [4.78, 5) is 25.1. The average molecular weight is 535 g/mol. The minimum absolute atomic E-state index is 0.0500. The lowest BCUT2D eigenvalue weighted by Crippen LogP contribution is -2.52. The molecule has 2 heterocycles. The first-order valence-electron chi connectivity index (χ1n) is 14.4. The molecule has 0 saturated heterocycles. The fourth-order valence-electron chi connectivity index (χ4n) is 6.19. The number of benzene rings is 2. The second-order valence-electron chi connectivity index (χ2n) is 12.3. The molecule has 6 nitrogen and oxygen atoms in total. The minimum Gasteiger partial charge on any atom is -0.444 e. The molecule has 2 aromatic carbocycles. The van der Waals surface area contributed by atoms with E-state index >= 15 is 0 Å². The van der Waals surface area contributed by atoms with E-state index in [4.69, 9.17) is 14.7 Å². The summed E-state index contributed by atoms with van der Waals surface area (Å²) in [6.45, 7) is 7.79. The summed E-state index contributed by atoms with van der Waals surface area (Å²) < 4.78 is 5.57. The summed E-state index contributed by atoms with van der Waals surface area (Å²) >= 11 is 0. The van der Waals surface area contributed by atoms with Crippen molar-refractivity contribution in [3.8, 4) is 0 Å². The van der Waals surface area contributed by atoms with E-state index in [1.54, 1.807) is 0 Å². The highest BCUT2D eigenvalue weighted by atomic mass is 16.6. The van der Waals surface area contributed by atoms with Crippen LogP contribution in [0.1, 0.15) is 74.8 Å². The van der Waals surface area contributed by atoms with Gasteiger partial charge >= 0.3 is 6.09 Å². The Balaban J connectivity index is 1.30. The van der Waals surface area contributed by atoms with Crippen molar-refractivity contribution >= 4 is 17.8 Å². The number of amides is 1. The summed E-state index contributed by atoms with van der Waals surface area (Å²) in [6.07, 6.45) is 16.6. The summed E-state index contributed by atoms with van der Waals surface area (Å²) in [7, 11) is 0. The average Bonchev–Trinajstić information content (AvgIpc) is 3.29. The largest absolute Gasteiger partial charge is 0.444 e. The maximum absolute atomic E-state index is 12.6. The first-order chi connectivity index (χ1) is 19.2. The van der Waals surface area contributed by atoms with Crippen LogP contribution in [-0.2, 0) is 10.3 Å². The van der Waals surface area contributed by atoms with Crippen molar-refractivity contribution in [2.24, 2.45) is 15.9 Å². The van der Waals surface area contributed by atoms with Crippen LogP contribution in [0.25, 0.3) is 0 Å². The molecule has 2 aliphatic carbocycles. The zero-order chi connectivity index (χ0) is 27.9. The summed E-state index contributed by atoms with van der Waals surface area (Å²) in [5.74, 6) is 1.09. The van der Waals surface area contributed by atoms with Crippen molar-refractivity contribution in [3.05, 3.63) is 107 Å². The van der Waals surface area contributed by atoms with Gasteiger partial charge in [0.15, 0.2) is 0 Å². The van der Waals surface area contributed by atoms with E-state index in [9.17, 15) is 4.79 Å². The van der Waals surface area contributed by atoms with Crippen LogP contribution in [0.4, 0.5) is 4.79 Å². The third kappa shape index (κ3) is 5.03. The highest BCUT2D eigenvalue weighted by Gasteiger charge is 2.43. The fraction of sp³-hybridized carbons (Fsp3) is 0.382. The van der Waals surface area contributed by atoms with E-state index in [1.165, 1.54) is 5.56 Å². The number of hydrogen-bond donors (Lipinski definition) is 1. The number of aryl methyl sites for hydroxylation is 1. The molecule has 4 aliphatic rings. The lowest BCUT2D eigenvalue weighted by atomic mass is 9.71. The van der Waals surface area contributed by atoms with Gasteiger partial charge in [-0.1, -0.05) is 72.8 Å². The van der Waals surface area contributed by atoms with Gasteiger partial charge in [-0.05, 0) is 76.1 Å². The number of alkyl carbamates (subject to hydrolysis) is 1. The Morgan fingerprint density at radius 1 is 1.07 bits per heavy atom. The minimum atomic E-state index is -0.527. The Morgan fingerprint density at radius 3 is 2.50 bits per heavy atom. The van der Waals surface area contributed by atoms with Crippen molar-refractivity contribution in [3.63, 3.8) is 0 Å². The van der Waals surface area contributed by atoms with E-state index < -0.39 is 5.60 Å². The Morgan fingerprint density at radius 2 is 1.85 bits per heavy atom. The zero-order valence-electron chi connectivity index (χ0n) is 23.8. The Bertz CT molecular complexity index is 1440. The Labute approximate surface area is 237 Å². The first kappa shape index (κ1) is 26.3. The third-order valence-corrected chi connectivity index (χ3v) is 8.37. The molecule has 206 valence electrons. The van der Waals surface area contributed by atoms with Gasteiger partial charge in [-0.3, -0.25) is 0 Å². The third-order valence-electron chi connectivity index (χ3n) is 8.37. The number of nitrogens with zero attached hydrogens (tertiary/aromatic N) is 3. The predicted octanol–water partition coefficient (Wildman–Crippen LogP) is 7.13. The number of hydrogen-bond acceptors (Lipinski definition) is 5. The molecule has 40 heavy (non-hydrogen) atoms. The molecule has 6 rings (SSSR count). The highest BCUT2D eigenvalue weighted by molar-refractivity contribution is 6.16. The SMILES string of the molecule is Cc1ccccc1C1=NC2=NC(c3ccc(C4(NC(=O)OC(C)(C)C)CCC4)cc3)C(C3C=CC=CC3)N2C=C1. The van der Waals surface area contributed by atoms with E-state index in [2.05, 4.69) is 102 Å². The van der Waals surface area contributed by atoms with Crippen LogP contribution in [0.15, 0.2) is 95.1 Å². The molecular formula is C34H38N4O2. The number of aliphatic imine (C=N–C) groups is 2. The number of nitrogens with one attached hydrogen (secondary N) is 1. The summed E-state index contributed by atoms with van der Waals surface area (Å²) in [6, 6.07) is 17.1. The molecule has 0 spiro atoms. The Kier molecular flexibility index (Phi) is 6.73. The standard InChI is InChI=1S/C34H38N4O2/c1-23-11-8-9-14-27(23)28-19-22-38-30(25-12-6-5-7-13-25)29(36-31(38)35-28)24-15-17-26(18-16-24)34(20-10-21-34)37-32(39)40-33(2,3)4/h5-9,11-12,14-19,22,25,29-30H,10,13,20-21H2,1-4H3,(H,37,39). The van der Waals surface area contributed by atoms with Crippen molar-refractivity contribution < 1.29 is 9.53 Å². The number of carbonyl (C=O) groups is 1. The lowest BCUT2D eigenvalue weighted by molar-refractivity contribution is 0.0377. The van der Waals surface area contributed by atoms with Crippen LogP contribution in [0.5, 0.6) is 0 Å². The van der Waals surface area contributed by atoms with Gasteiger partial charge in [0.2, 0.25) is 5.96 Å². The molecule has 3 unspecified atom stereocenters. The van der Waals surface area contributed by atoms with Gasteiger partial charge < -0.3 is 15.0 Å². The quantitative estimate of drug-likeness (QED) is 0.444. The molecule has 1 saturated carbocycles. The van der Waals surface area contributed by atoms with Crippen LogP contribution < -0.4 is 5.32 Å². The second kappa shape index (κ2) is 10.2. The number of rotatable bonds is 5. The van der Waals surface area contributed by atoms with Gasteiger partial charge in [0.25, 0.3) is 0 Å². The predicted molar refractivity (Wildman–Crippen MR) is 160 cm³/mol. The van der Waals surface area contributed by atoms with Gasteiger partial charge in [0, 0.05) is 17.7 Å². The molecule has 0 radical (unpaired) electrons.